The van der Waals surface area contributed by atoms with Crippen LogP contribution in [0.2, 0.25) is 0 Å². The van der Waals surface area contributed by atoms with Gasteiger partial charge in [0.2, 0.25) is 15.9 Å². The highest BCUT2D eigenvalue weighted by Gasteiger charge is 2.36. The third-order valence-corrected chi connectivity index (χ3v) is 7.39. The average molecular weight is 429 g/mol. The number of fused-ring (bicyclic) bond motifs is 2. The van der Waals surface area contributed by atoms with Crippen molar-refractivity contribution in [1.82, 2.24) is 4.72 Å². The number of nitrogens with zero attached hydrogens (tertiary/aromatic N) is 1. The number of carbonyl (C=O) groups excluding carboxylic acids is 1. The number of rotatable bonds is 5. The van der Waals surface area contributed by atoms with Gasteiger partial charge in [-0.3, -0.25) is 4.79 Å². The maximum absolute atomic E-state index is 13.0. The summed E-state index contributed by atoms with van der Waals surface area (Å²) < 4.78 is 39.8. The standard InChI is InChI=1S/C22H24N2O5S/c1-14(16-4-7-20-21(13-16)29-11-10-28-20)23-30(26,27)18-5-6-19-17(12-18)8-9-24(19)22(25)15-2-3-15/h4-7,12-15,23H,2-3,8-11H2,1H3/t14-/m0/s1. The van der Waals surface area contributed by atoms with Crippen LogP contribution in [0.5, 0.6) is 11.5 Å². The minimum absolute atomic E-state index is 0.146. The molecule has 2 heterocycles. The number of sulfonamides is 1. The summed E-state index contributed by atoms with van der Waals surface area (Å²) >= 11 is 0. The number of carbonyl (C=O) groups is 1. The quantitative estimate of drug-likeness (QED) is 0.792. The van der Waals surface area contributed by atoms with E-state index in [-0.39, 0.29) is 16.7 Å². The molecule has 2 aromatic rings. The molecule has 0 spiro atoms. The Kier molecular flexibility index (Phi) is 4.71. The second-order valence-corrected chi connectivity index (χ2v) is 9.76. The van der Waals surface area contributed by atoms with Gasteiger partial charge in [0.05, 0.1) is 4.90 Å². The number of hydrogen-bond donors (Lipinski definition) is 1. The molecule has 8 heteroatoms. The monoisotopic (exact) mass is 428 g/mol. The minimum atomic E-state index is -3.72. The van der Waals surface area contributed by atoms with Crippen molar-refractivity contribution in [3.8, 4) is 11.5 Å². The van der Waals surface area contributed by atoms with Gasteiger partial charge < -0.3 is 14.4 Å². The number of amides is 1. The van der Waals surface area contributed by atoms with E-state index in [9.17, 15) is 13.2 Å². The molecule has 5 rings (SSSR count). The van der Waals surface area contributed by atoms with Gasteiger partial charge in [-0.25, -0.2) is 13.1 Å². The molecule has 0 bridgehead atoms. The van der Waals surface area contributed by atoms with Gasteiger partial charge in [-0.05, 0) is 67.6 Å². The Bertz CT molecular complexity index is 1110. The lowest BCUT2D eigenvalue weighted by Gasteiger charge is -2.21. The lowest BCUT2D eigenvalue weighted by atomic mass is 10.1. The molecule has 158 valence electrons. The summed E-state index contributed by atoms with van der Waals surface area (Å²) in [5.41, 5.74) is 2.54. The van der Waals surface area contributed by atoms with Crippen molar-refractivity contribution in [3.05, 3.63) is 47.5 Å². The molecule has 0 aromatic heterocycles. The number of hydrogen-bond acceptors (Lipinski definition) is 5. The summed E-state index contributed by atoms with van der Waals surface area (Å²) in [6, 6.07) is 10.0. The molecular formula is C22H24N2O5S. The van der Waals surface area contributed by atoms with Crippen LogP contribution in [0.25, 0.3) is 0 Å². The molecule has 1 aliphatic carbocycles. The van der Waals surface area contributed by atoms with E-state index in [2.05, 4.69) is 4.72 Å². The maximum atomic E-state index is 13.0. The fraction of sp³-hybridized carbons (Fsp3) is 0.409. The summed E-state index contributed by atoms with van der Waals surface area (Å²) in [6.07, 6.45) is 2.59. The van der Waals surface area contributed by atoms with E-state index in [1.807, 2.05) is 12.1 Å². The maximum Gasteiger partial charge on any atom is 0.241 e. The average Bonchev–Trinajstić information content (AvgIpc) is 3.51. The van der Waals surface area contributed by atoms with Gasteiger partial charge in [0.15, 0.2) is 11.5 Å². The lowest BCUT2D eigenvalue weighted by molar-refractivity contribution is -0.119. The fourth-order valence-corrected chi connectivity index (χ4v) is 5.31. The number of benzene rings is 2. The Balaban J connectivity index is 1.34. The summed E-state index contributed by atoms with van der Waals surface area (Å²) in [6.45, 7) is 3.41. The van der Waals surface area contributed by atoms with Gasteiger partial charge in [0, 0.05) is 24.2 Å². The van der Waals surface area contributed by atoms with Crippen molar-refractivity contribution in [1.29, 1.82) is 0 Å². The van der Waals surface area contributed by atoms with Crippen LogP contribution < -0.4 is 19.1 Å². The van der Waals surface area contributed by atoms with E-state index in [0.29, 0.717) is 37.7 Å². The first-order valence-corrected chi connectivity index (χ1v) is 11.8. The zero-order valence-corrected chi connectivity index (χ0v) is 17.6. The molecule has 1 amide bonds. The van der Waals surface area contributed by atoms with Crippen LogP contribution in [0.1, 0.15) is 36.9 Å². The van der Waals surface area contributed by atoms with Gasteiger partial charge in [-0.1, -0.05) is 6.07 Å². The summed E-state index contributed by atoms with van der Waals surface area (Å²) in [7, 11) is -3.72. The van der Waals surface area contributed by atoms with Crippen LogP contribution in [0, 0.1) is 5.92 Å². The Morgan fingerprint density at radius 3 is 2.63 bits per heavy atom. The highest BCUT2D eigenvalue weighted by Crippen LogP contribution is 2.37. The van der Waals surface area contributed by atoms with Crippen LogP contribution in [0.15, 0.2) is 41.3 Å². The van der Waals surface area contributed by atoms with E-state index >= 15 is 0 Å². The van der Waals surface area contributed by atoms with Crippen molar-refractivity contribution in [2.45, 2.75) is 37.1 Å². The molecular weight excluding hydrogens is 404 g/mol. The van der Waals surface area contributed by atoms with E-state index < -0.39 is 16.1 Å². The lowest BCUT2D eigenvalue weighted by Crippen LogP contribution is -2.30. The molecule has 0 saturated heterocycles. The molecule has 1 saturated carbocycles. The second-order valence-electron chi connectivity index (χ2n) is 8.05. The minimum Gasteiger partial charge on any atom is -0.486 e. The van der Waals surface area contributed by atoms with Crippen molar-refractivity contribution in [2.75, 3.05) is 24.7 Å². The molecule has 1 atom stereocenters. The first-order valence-electron chi connectivity index (χ1n) is 10.3. The zero-order valence-electron chi connectivity index (χ0n) is 16.8. The summed E-state index contributed by atoms with van der Waals surface area (Å²) in [4.78, 5) is 14.4. The first-order chi connectivity index (χ1) is 14.4. The summed E-state index contributed by atoms with van der Waals surface area (Å²) in [5, 5.41) is 0. The van der Waals surface area contributed by atoms with Crippen LogP contribution in [0.3, 0.4) is 0 Å². The van der Waals surface area contributed by atoms with Crippen LogP contribution in [-0.2, 0) is 21.2 Å². The van der Waals surface area contributed by atoms with Gasteiger partial charge in [0.1, 0.15) is 13.2 Å². The van der Waals surface area contributed by atoms with Gasteiger partial charge >= 0.3 is 0 Å². The van der Waals surface area contributed by atoms with Gasteiger partial charge in [-0.2, -0.15) is 0 Å². The predicted molar refractivity (Wildman–Crippen MR) is 111 cm³/mol. The fourth-order valence-electron chi connectivity index (χ4n) is 4.02. The summed E-state index contributed by atoms with van der Waals surface area (Å²) in [5.74, 6) is 1.61. The highest BCUT2D eigenvalue weighted by atomic mass is 32.2. The SMILES string of the molecule is C[C@H](NS(=O)(=O)c1ccc2c(c1)CCN2C(=O)C1CC1)c1ccc2c(c1)OCCO2. The van der Waals surface area contributed by atoms with Crippen molar-refractivity contribution in [3.63, 3.8) is 0 Å². The van der Waals surface area contributed by atoms with E-state index in [0.717, 1.165) is 29.7 Å². The number of ether oxygens (including phenoxy) is 2. The topological polar surface area (TPSA) is 84.9 Å². The third-order valence-electron chi connectivity index (χ3n) is 5.85. The van der Waals surface area contributed by atoms with Crippen LogP contribution in [0.4, 0.5) is 5.69 Å². The molecule has 0 radical (unpaired) electrons. The van der Waals surface area contributed by atoms with Crippen LogP contribution in [-0.4, -0.2) is 34.1 Å². The number of nitrogens with one attached hydrogen (secondary N) is 1. The van der Waals surface area contributed by atoms with Crippen molar-refractivity contribution < 1.29 is 22.7 Å². The van der Waals surface area contributed by atoms with E-state index in [1.165, 1.54) is 0 Å². The first kappa shape index (κ1) is 19.4. The van der Waals surface area contributed by atoms with Gasteiger partial charge in [0.25, 0.3) is 0 Å². The molecule has 3 aliphatic rings. The highest BCUT2D eigenvalue weighted by molar-refractivity contribution is 7.89. The largest absolute Gasteiger partial charge is 0.486 e. The Labute approximate surface area is 176 Å². The molecule has 1 fully saturated rings. The van der Waals surface area contributed by atoms with Crippen molar-refractivity contribution >= 4 is 21.6 Å². The predicted octanol–water partition coefficient (Wildman–Crippen LogP) is 2.80. The van der Waals surface area contributed by atoms with Gasteiger partial charge in [-0.15, -0.1) is 0 Å². The normalized spacial score (nSPS) is 18.8. The third kappa shape index (κ3) is 3.54. The molecule has 0 unspecified atom stereocenters. The van der Waals surface area contributed by atoms with E-state index in [1.54, 1.807) is 36.1 Å². The number of anilines is 1. The Morgan fingerprint density at radius 2 is 1.87 bits per heavy atom. The van der Waals surface area contributed by atoms with E-state index in [4.69, 9.17) is 9.47 Å². The molecule has 30 heavy (non-hydrogen) atoms. The molecule has 2 aromatic carbocycles. The second kappa shape index (κ2) is 7.28. The zero-order chi connectivity index (χ0) is 20.9. The van der Waals surface area contributed by atoms with Crippen LogP contribution >= 0.6 is 0 Å². The Morgan fingerprint density at radius 1 is 1.10 bits per heavy atom. The molecule has 2 aliphatic heterocycles. The smallest absolute Gasteiger partial charge is 0.241 e. The van der Waals surface area contributed by atoms with Crippen molar-refractivity contribution in [2.24, 2.45) is 5.92 Å². The molecule has 1 N–H and O–H groups in total. The molecule has 7 nitrogen and oxygen atoms in total. The Hall–Kier alpha value is -2.58.